The first-order chi connectivity index (χ1) is 9.82. The fourth-order valence-corrected chi connectivity index (χ4v) is 1.81. The Hall–Kier alpha value is -0.500. The van der Waals surface area contributed by atoms with Crippen molar-refractivity contribution >= 4 is 0 Å². The summed E-state index contributed by atoms with van der Waals surface area (Å²) >= 11 is 0. The van der Waals surface area contributed by atoms with Gasteiger partial charge in [0, 0.05) is 0 Å². The van der Waals surface area contributed by atoms with Crippen LogP contribution >= 0.6 is 0 Å². The van der Waals surface area contributed by atoms with Crippen molar-refractivity contribution in [2.24, 2.45) is 0 Å². The normalized spacial score (nSPS) is 22.1. The van der Waals surface area contributed by atoms with Crippen LogP contribution in [-0.4, -0.2) is 50.7 Å². The Morgan fingerprint density at radius 1 is 1.24 bits per heavy atom. The van der Waals surface area contributed by atoms with E-state index in [4.69, 9.17) is 18.9 Å². The molecule has 124 valence electrons. The zero-order valence-corrected chi connectivity index (χ0v) is 13.8. The molecule has 6 heteroatoms. The molecular formula is C15H28NO5-. The second kappa shape index (κ2) is 8.82. The highest BCUT2D eigenvalue weighted by Crippen LogP contribution is 2.18. The van der Waals surface area contributed by atoms with Crippen molar-refractivity contribution in [3.63, 3.8) is 0 Å². The third-order valence-electron chi connectivity index (χ3n) is 3.69. The number of hydrogen-bond acceptors (Lipinski definition) is 6. The molecule has 0 spiro atoms. The quantitative estimate of drug-likeness (QED) is 0.587. The Balaban J connectivity index is 2.53. The number of ether oxygens (including phenoxy) is 4. The van der Waals surface area contributed by atoms with Crippen LogP contribution in [0.4, 0.5) is 0 Å². The van der Waals surface area contributed by atoms with E-state index in [1.807, 2.05) is 20.8 Å². The zero-order chi connectivity index (χ0) is 15.9. The van der Waals surface area contributed by atoms with E-state index in [1.165, 1.54) is 5.57 Å². The Labute approximate surface area is 127 Å². The topological polar surface area (TPSA) is 63.2 Å². The molecule has 1 atom stereocenters. The van der Waals surface area contributed by atoms with E-state index in [0.29, 0.717) is 13.2 Å². The zero-order valence-electron chi connectivity index (χ0n) is 13.8. The van der Waals surface area contributed by atoms with E-state index in [-0.39, 0.29) is 19.6 Å². The van der Waals surface area contributed by atoms with Gasteiger partial charge in [0.2, 0.25) is 0 Å². The van der Waals surface area contributed by atoms with E-state index < -0.39 is 5.79 Å². The molecule has 0 aromatic carbocycles. The molecule has 1 rings (SSSR count). The van der Waals surface area contributed by atoms with E-state index in [9.17, 15) is 5.21 Å². The molecule has 6 nitrogen and oxygen atoms in total. The Bertz CT molecular complexity index is 325. The van der Waals surface area contributed by atoms with Gasteiger partial charge < -0.3 is 29.2 Å². The third-order valence-corrected chi connectivity index (χ3v) is 3.69. The van der Waals surface area contributed by atoms with Gasteiger partial charge >= 0.3 is 0 Å². The lowest BCUT2D eigenvalue weighted by atomic mass is 10.0. The number of rotatable bonds is 4. The SMILES string of the molecule is CC(CCC(C)N(C)[O-])=C1COCOC(C)(C)OCOC1. The molecule has 0 aliphatic carbocycles. The van der Waals surface area contributed by atoms with Gasteiger partial charge in [0.15, 0.2) is 19.4 Å². The van der Waals surface area contributed by atoms with Crippen molar-refractivity contribution in [2.75, 3.05) is 33.8 Å². The van der Waals surface area contributed by atoms with Crippen LogP contribution in [0.3, 0.4) is 0 Å². The minimum atomic E-state index is -0.704. The van der Waals surface area contributed by atoms with Crippen molar-refractivity contribution in [3.05, 3.63) is 16.4 Å². The lowest BCUT2D eigenvalue weighted by molar-refractivity contribution is -0.283. The molecule has 0 N–H and O–H groups in total. The summed E-state index contributed by atoms with van der Waals surface area (Å²) in [6.07, 6.45) is 1.67. The molecular weight excluding hydrogens is 274 g/mol. The Morgan fingerprint density at radius 3 is 2.24 bits per heavy atom. The van der Waals surface area contributed by atoms with Crippen molar-refractivity contribution in [3.8, 4) is 0 Å². The van der Waals surface area contributed by atoms with Crippen molar-refractivity contribution in [1.82, 2.24) is 5.06 Å². The molecule has 0 aromatic heterocycles. The largest absolute Gasteiger partial charge is 0.785 e. The third kappa shape index (κ3) is 7.35. The molecule has 1 heterocycles. The summed E-state index contributed by atoms with van der Waals surface area (Å²) in [7, 11) is 1.55. The van der Waals surface area contributed by atoms with Gasteiger partial charge in [-0.1, -0.05) is 12.5 Å². The molecule has 0 saturated carbocycles. The average molecular weight is 302 g/mol. The fraction of sp³-hybridized carbons (Fsp3) is 0.867. The summed E-state index contributed by atoms with van der Waals surface area (Å²) in [6, 6.07) is 0.00869. The monoisotopic (exact) mass is 302 g/mol. The van der Waals surface area contributed by atoms with Crippen LogP contribution in [0.25, 0.3) is 0 Å². The lowest BCUT2D eigenvalue weighted by Crippen LogP contribution is -2.32. The van der Waals surface area contributed by atoms with Crippen LogP contribution in [0.2, 0.25) is 0 Å². The van der Waals surface area contributed by atoms with E-state index >= 15 is 0 Å². The van der Waals surface area contributed by atoms with Crippen LogP contribution in [0.5, 0.6) is 0 Å². The van der Waals surface area contributed by atoms with Crippen molar-refractivity contribution in [2.45, 2.75) is 52.4 Å². The van der Waals surface area contributed by atoms with Gasteiger partial charge in [-0.05, 0) is 52.3 Å². The van der Waals surface area contributed by atoms with Gasteiger partial charge in [-0.2, -0.15) is 0 Å². The molecule has 1 aliphatic rings. The summed E-state index contributed by atoms with van der Waals surface area (Å²) in [6.45, 7) is 8.94. The molecule has 1 saturated heterocycles. The molecule has 0 radical (unpaired) electrons. The standard InChI is InChI=1S/C15H28NO5/c1-12(6-7-13(2)16(5)17)14-8-18-10-20-15(3,4)21-11-19-9-14/h13H,6-11H2,1-5H3/q-1. The van der Waals surface area contributed by atoms with E-state index in [1.54, 1.807) is 7.05 Å². The second-order valence-electron chi connectivity index (χ2n) is 5.94. The van der Waals surface area contributed by atoms with E-state index in [0.717, 1.165) is 23.5 Å². The van der Waals surface area contributed by atoms with Crippen molar-refractivity contribution < 1.29 is 18.9 Å². The van der Waals surface area contributed by atoms with Crippen LogP contribution < -0.4 is 0 Å². The maximum Gasteiger partial charge on any atom is 0.168 e. The second-order valence-corrected chi connectivity index (χ2v) is 5.94. The summed E-state index contributed by atoms with van der Waals surface area (Å²) in [4.78, 5) is 0. The summed E-state index contributed by atoms with van der Waals surface area (Å²) in [5.74, 6) is -0.704. The number of nitrogens with zero attached hydrogens (tertiary/aromatic N) is 1. The van der Waals surface area contributed by atoms with Gasteiger partial charge in [0.1, 0.15) is 0 Å². The molecule has 21 heavy (non-hydrogen) atoms. The molecule has 0 amide bonds. The molecule has 1 fully saturated rings. The highest BCUT2D eigenvalue weighted by Gasteiger charge is 2.20. The molecule has 1 unspecified atom stereocenters. The molecule has 1 aliphatic heterocycles. The summed E-state index contributed by atoms with van der Waals surface area (Å²) in [5.41, 5.74) is 2.28. The van der Waals surface area contributed by atoms with Gasteiger partial charge in [0.05, 0.1) is 13.2 Å². The van der Waals surface area contributed by atoms with Crippen LogP contribution in [-0.2, 0) is 18.9 Å². The van der Waals surface area contributed by atoms with Gasteiger partial charge in [-0.15, -0.1) is 0 Å². The van der Waals surface area contributed by atoms with Gasteiger partial charge in [-0.25, -0.2) is 0 Å². The Kier molecular flexibility index (Phi) is 7.79. The highest BCUT2D eigenvalue weighted by atomic mass is 16.8. The van der Waals surface area contributed by atoms with Gasteiger partial charge in [-0.3, -0.25) is 0 Å². The minimum absolute atomic E-state index is 0.00869. The van der Waals surface area contributed by atoms with Crippen LogP contribution in [0.15, 0.2) is 11.1 Å². The molecule has 0 aromatic rings. The number of hydrogen-bond donors (Lipinski definition) is 0. The summed E-state index contributed by atoms with van der Waals surface area (Å²) in [5, 5.41) is 12.2. The minimum Gasteiger partial charge on any atom is -0.785 e. The maximum absolute atomic E-state index is 11.2. The average Bonchev–Trinajstić information content (AvgIpc) is 2.42. The van der Waals surface area contributed by atoms with E-state index in [2.05, 4.69) is 6.92 Å². The van der Waals surface area contributed by atoms with Crippen LogP contribution in [0.1, 0.15) is 40.5 Å². The first-order valence-corrected chi connectivity index (χ1v) is 7.32. The number of hydroxylamine groups is 2. The summed E-state index contributed by atoms with van der Waals surface area (Å²) < 4.78 is 22.0. The molecule has 0 bridgehead atoms. The van der Waals surface area contributed by atoms with Gasteiger partial charge in [0.25, 0.3) is 0 Å². The predicted molar refractivity (Wildman–Crippen MR) is 80.4 cm³/mol. The predicted octanol–water partition coefficient (Wildman–Crippen LogP) is 2.63. The number of allylic oxidation sites excluding steroid dienone is 1. The smallest absolute Gasteiger partial charge is 0.168 e. The fourth-order valence-electron chi connectivity index (χ4n) is 1.81. The first-order valence-electron chi connectivity index (χ1n) is 7.32. The Morgan fingerprint density at radius 2 is 1.76 bits per heavy atom. The van der Waals surface area contributed by atoms with Crippen LogP contribution in [0, 0.1) is 5.21 Å². The van der Waals surface area contributed by atoms with Crippen molar-refractivity contribution in [1.29, 1.82) is 0 Å². The highest BCUT2D eigenvalue weighted by molar-refractivity contribution is 5.13. The first kappa shape index (κ1) is 18.5. The maximum atomic E-state index is 11.2. The lowest BCUT2D eigenvalue weighted by Gasteiger charge is -2.30.